The van der Waals surface area contributed by atoms with Gasteiger partial charge in [-0.1, -0.05) is 0 Å². The molecule has 0 radical (unpaired) electrons. The van der Waals surface area contributed by atoms with Crippen molar-refractivity contribution < 1.29 is 14.2 Å². The maximum absolute atomic E-state index is 5.70. The second kappa shape index (κ2) is 4.85. The van der Waals surface area contributed by atoms with Gasteiger partial charge in [-0.15, -0.1) is 0 Å². The van der Waals surface area contributed by atoms with E-state index in [4.69, 9.17) is 14.2 Å². The third-order valence-corrected chi connectivity index (χ3v) is 3.50. The van der Waals surface area contributed by atoms with Crippen LogP contribution in [0.5, 0.6) is 11.5 Å². The van der Waals surface area contributed by atoms with Crippen LogP contribution in [0.4, 0.5) is 0 Å². The van der Waals surface area contributed by atoms with E-state index in [0.717, 1.165) is 36.5 Å². The fourth-order valence-electron chi connectivity index (χ4n) is 2.51. The van der Waals surface area contributed by atoms with Crippen molar-refractivity contribution in [1.29, 1.82) is 0 Å². The molecular weight excluding hydrogens is 242 g/mol. The summed E-state index contributed by atoms with van der Waals surface area (Å²) in [6.07, 6.45) is 3.88. The molecule has 1 fully saturated rings. The standard InChI is InChI=1S/C15H19NO3/c1-15(2)8-12(5-6-19-15)16-9-11-3-4-13-14(7-11)18-10-17-13/h3-4,7,9,12H,5-6,8,10H2,1-2H3/t12-/m0/s1. The SMILES string of the molecule is CC1(C)C[C@@H](N=Cc2ccc3c(c2)OCO3)CCO1. The molecule has 0 N–H and O–H groups in total. The van der Waals surface area contributed by atoms with Crippen molar-refractivity contribution in [2.75, 3.05) is 13.4 Å². The van der Waals surface area contributed by atoms with Crippen LogP contribution in [0, 0.1) is 0 Å². The summed E-state index contributed by atoms with van der Waals surface area (Å²) in [6.45, 7) is 5.34. The number of aliphatic imine (C=N–C) groups is 1. The van der Waals surface area contributed by atoms with Crippen LogP contribution in [0.1, 0.15) is 32.3 Å². The Kier molecular flexibility index (Phi) is 3.19. The van der Waals surface area contributed by atoms with E-state index in [-0.39, 0.29) is 5.60 Å². The molecule has 0 unspecified atom stereocenters. The van der Waals surface area contributed by atoms with Gasteiger partial charge in [-0.3, -0.25) is 4.99 Å². The lowest BCUT2D eigenvalue weighted by molar-refractivity contribution is -0.0574. The van der Waals surface area contributed by atoms with Gasteiger partial charge in [0.25, 0.3) is 0 Å². The second-order valence-corrected chi connectivity index (χ2v) is 5.65. The van der Waals surface area contributed by atoms with Crippen LogP contribution >= 0.6 is 0 Å². The monoisotopic (exact) mass is 261 g/mol. The first-order valence-electron chi connectivity index (χ1n) is 6.69. The van der Waals surface area contributed by atoms with Crippen LogP contribution in [-0.4, -0.2) is 31.3 Å². The summed E-state index contributed by atoms with van der Waals surface area (Å²) in [5, 5.41) is 0. The summed E-state index contributed by atoms with van der Waals surface area (Å²) in [6, 6.07) is 6.24. The average molecular weight is 261 g/mol. The predicted octanol–water partition coefficient (Wildman–Crippen LogP) is 2.79. The Bertz CT molecular complexity index is 496. The summed E-state index contributed by atoms with van der Waals surface area (Å²) >= 11 is 0. The van der Waals surface area contributed by atoms with Crippen LogP contribution in [0.2, 0.25) is 0 Å². The summed E-state index contributed by atoms with van der Waals surface area (Å²) in [5.74, 6) is 1.61. The number of ether oxygens (including phenoxy) is 3. The minimum absolute atomic E-state index is 0.0604. The van der Waals surface area contributed by atoms with E-state index in [0.29, 0.717) is 12.8 Å². The van der Waals surface area contributed by atoms with Crippen molar-refractivity contribution in [3.05, 3.63) is 23.8 Å². The van der Waals surface area contributed by atoms with Crippen molar-refractivity contribution >= 4 is 6.21 Å². The fourth-order valence-corrected chi connectivity index (χ4v) is 2.51. The lowest BCUT2D eigenvalue weighted by atomic mass is 9.94. The maximum atomic E-state index is 5.70. The first-order valence-corrected chi connectivity index (χ1v) is 6.69. The molecule has 0 spiro atoms. The van der Waals surface area contributed by atoms with Gasteiger partial charge in [0.05, 0.1) is 11.6 Å². The average Bonchev–Trinajstić information content (AvgIpc) is 2.82. The van der Waals surface area contributed by atoms with Crippen molar-refractivity contribution in [1.82, 2.24) is 0 Å². The lowest BCUT2D eigenvalue weighted by Gasteiger charge is -2.33. The van der Waals surface area contributed by atoms with E-state index in [9.17, 15) is 0 Å². The summed E-state index contributed by atoms with van der Waals surface area (Å²) < 4.78 is 16.3. The topological polar surface area (TPSA) is 40.0 Å². The Hall–Kier alpha value is -1.55. The second-order valence-electron chi connectivity index (χ2n) is 5.65. The molecule has 4 nitrogen and oxygen atoms in total. The normalized spacial score (nSPS) is 24.8. The number of nitrogens with zero attached hydrogens (tertiary/aromatic N) is 1. The van der Waals surface area contributed by atoms with E-state index in [2.05, 4.69) is 18.8 Å². The van der Waals surface area contributed by atoms with Gasteiger partial charge < -0.3 is 14.2 Å². The molecule has 0 bridgehead atoms. The third kappa shape index (κ3) is 2.89. The first kappa shape index (κ1) is 12.5. The zero-order valence-corrected chi connectivity index (χ0v) is 11.4. The Labute approximate surface area is 113 Å². The first-order chi connectivity index (χ1) is 9.12. The summed E-state index contributed by atoms with van der Waals surface area (Å²) in [5.41, 5.74) is 0.989. The molecule has 19 heavy (non-hydrogen) atoms. The quantitative estimate of drug-likeness (QED) is 0.769. The molecule has 0 amide bonds. The van der Waals surface area contributed by atoms with Crippen LogP contribution in [0.3, 0.4) is 0 Å². The zero-order chi connectivity index (χ0) is 13.3. The Morgan fingerprint density at radius 2 is 2.11 bits per heavy atom. The van der Waals surface area contributed by atoms with Crippen LogP contribution in [-0.2, 0) is 4.74 Å². The number of rotatable bonds is 2. The van der Waals surface area contributed by atoms with E-state index < -0.39 is 0 Å². The molecule has 1 saturated heterocycles. The molecule has 2 aliphatic heterocycles. The maximum Gasteiger partial charge on any atom is 0.231 e. The number of benzene rings is 1. The molecule has 102 valence electrons. The number of fused-ring (bicyclic) bond motifs is 1. The minimum atomic E-state index is -0.0604. The molecule has 3 rings (SSSR count). The van der Waals surface area contributed by atoms with Crippen LogP contribution < -0.4 is 9.47 Å². The van der Waals surface area contributed by atoms with Gasteiger partial charge in [0.15, 0.2) is 11.5 Å². The molecule has 2 heterocycles. The van der Waals surface area contributed by atoms with Crippen molar-refractivity contribution in [2.24, 2.45) is 4.99 Å². The van der Waals surface area contributed by atoms with E-state index in [1.54, 1.807) is 0 Å². The molecule has 0 aliphatic carbocycles. The van der Waals surface area contributed by atoms with E-state index >= 15 is 0 Å². The molecule has 0 saturated carbocycles. The van der Waals surface area contributed by atoms with Gasteiger partial charge in [0.1, 0.15) is 0 Å². The molecule has 0 aromatic heterocycles. The third-order valence-electron chi connectivity index (χ3n) is 3.50. The summed E-state index contributed by atoms with van der Waals surface area (Å²) in [4.78, 5) is 4.67. The Morgan fingerprint density at radius 1 is 1.26 bits per heavy atom. The smallest absolute Gasteiger partial charge is 0.231 e. The molecule has 1 aromatic carbocycles. The molecule has 1 aromatic rings. The van der Waals surface area contributed by atoms with Crippen LogP contribution in [0.15, 0.2) is 23.2 Å². The van der Waals surface area contributed by atoms with E-state index in [1.165, 1.54) is 0 Å². The summed E-state index contributed by atoms with van der Waals surface area (Å²) in [7, 11) is 0. The predicted molar refractivity (Wildman–Crippen MR) is 73.2 cm³/mol. The molecular formula is C15H19NO3. The Balaban J connectivity index is 1.69. The van der Waals surface area contributed by atoms with Gasteiger partial charge in [0.2, 0.25) is 6.79 Å². The van der Waals surface area contributed by atoms with Gasteiger partial charge in [-0.25, -0.2) is 0 Å². The van der Waals surface area contributed by atoms with Gasteiger partial charge in [0, 0.05) is 12.8 Å². The molecule has 2 aliphatic rings. The molecule has 4 heteroatoms. The van der Waals surface area contributed by atoms with Gasteiger partial charge in [-0.05, 0) is 50.5 Å². The van der Waals surface area contributed by atoms with E-state index in [1.807, 2.05) is 24.4 Å². The lowest BCUT2D eigenvalue weighted by Crippen LogP contribution is -2.35. The Morgan fingerprint density at radius 3 is 2.95 bits per heavy atom. The highest BCUT2D eigenvalue weighted by Crippen LogP contribution is 2.32. The zero-order valence-electron chi connectivity index (χ0n) is 11.4. The largest absolute Gasteiger partial charge is 0.454 e. The fraction of sp³-hybridized carbons (Fsp3) is 0.533. The van der Waals surface area contributed by atoms with Crippen molar-refractivity contribution in [3.8, 4) is 11.5 Å². The minimum Gasteiger partial charge on any atom is -0.454 e. The van der Waals surface area contributed by atoms with Crippen LogP contribution in [0.25, 0.3) is 0 Å². The molecule has 1 atom stereocenters. The van der Waals surface area contributed by atoms with Gasteiger partial charge in [-0.2, -0.15) is 0 Å². The van der Waals surface area contributed by atoms with Crippen molar-refractivity contribution in [3.63, 3.8) is 0 Å². The number of hydrogen-bond donors (Lipinski definition) is 0. The highest BCUT2D eigenvalue weighted by Gasteiger charge is 2.28. The van der Waals surface area contributed by atoms with Gasteiger partial charge >= 0.3 is 0 Å². The highest BCUT2D eigenvalue weighted by atomic mass is 16.7. The highest BCUT2D eigenvalue weighted by molar-refractivity contribution is 5.81. The van der Waals surface area contributed by atoms with Crippen molar-refractivity contribution in [2.45, 2.75) is 38.3 Å². The number of hydrogen-bond acceptors (Lipinski definition) is 4.